The number of fused-ring (bicyclic) bond motifs is 1. The van der Waals surface area contributed by atoms with Crippen LogP contribution < -0.4 is 11.1 Å². The number of hydrazine groups is 1. The highest BCUT2D eigenvalue weighted by Gasteiger charge is 2.45. The standard InChI is InChI=1S/C32H49F3N6O2/c1-22-7-6-12-38(17-22)18-23-15-27(32(33,34)35)28-20-40(31(42)41(28)19-23)26-11-5-10-25(16-26)29(24-8-4-9-24)30-36-39(13-14-43-3)21-37(30)2/h15,19-20,22,24-26,29-30,36H,4-14,16-18,21H2,1-3H3/t22-,25?,26?,29-,30?/m0/s1. The number of piperidine rings is 1. The number of alkyl halides is 3. The van der Waals surface area contributed by atoms with Gasteiger partial charge in [-0.2, -0.15) is 13.2 Å². The first-order chi connectivity index (χ1) is 20.6. The molecule has 4 heterocycles. The number of nitrogens with one attached hydrogen (secondary N) is 1. The Kier molecular flexibility index (Phi) is 9.27. The second-order valence-corrected chi connectivity index (χ2v) is 13.9. The summed E-state index contributed by atoms with van der Waals surface area (Å²) in [5, 5.41) is 2.23. The molecule has 2 aromatic rings. The lowest BCUT2D eigenvalue weighted by atomic mass is 9.65. The average molecular weight is 607 g/mol. The van der Waals surface area contributed by atoms with Gasteiger partial charge < -0.3 is 4.74 Å². The van der Waals surface area contributed by atoms with E-state index in [9.17, 15) is 18.0 Å². The average Bonchev–Trinajstić information content (AvgIpc) is 3.47. The van der Waals surface area contributed by atoms with Gasteiger partial charge in [-0.05, 0) is 81.0 Å². The van der Waals surface area contributed by atoms with E-state index in [1.54, 1.807) is 17.9 Å². The number of ether oxygens (including phenoxy) is 1. The number of methoxy groups -OCH3 is 1. The van der Waals surface area contributed by atoms with Gasteiger partial charge in [0.2, 0.25) is 0 Å². The molecule has 240 valence electrons. The zero-order valence-corrected chi connectivity index (χ0v) is 26.0. The third-order valence-electron chi connectivity index (χ3n) is 10.7. The van der Waals surface area contributed by atoms with Gasteiger partial charge in [0.25, 0.3) is 0 Å². The monoisotopic (exact) mass is 606 g/mol. The predicted molar refractivity (Wildman–Crippen MR) is 160 cm³/mol. The van der Waals surface area contributed by atoms with E-state index >= 15 is 0 Å². The van der Waals surface area contributed by atoms with Gasteiger partial charge in [0, 0.05) is 45.2 Å². The number of rotatable bonds is 9. The summed E-state index contributed by atoms with van der Waals surface area (Å²) in [5.74, 6) is 2.00. The maximum absolute atomic E-state index is 14.4. The summed E-state index contributed by atoms with van der Waals surface area (Å²) in [6.45, 7) is 6.67. The topological polar surface area (TPSA) is 57.4 Å². The van der Waals surface area contributed by atoms with Crippen molar-refractivity contribution in [2.45, 2.75) is 89.6 Å². The maximum atomic E-state index is 14.4. The van der Waals surface area contributed by atoms with Crippen molar-refractivity contribution in [3.05, 3.63) is 40.1 Å². The molecule has 2 saturated carbocycles. The Morgan fingerprint density at radius 3 is 2.53 bits per heavy atom. The van der Waals surface area contributed by atoms with Crippen LogP contribution in [-0.2, 0) is 17.5 Å². The molecule has 43 heavy (non-hydrogen) atoms. The minimum atomic E-state index is -4.53. The molecule has 8 nitrogen and oxygen atoms in total. The van der Waals surface area contributed by atoms with Gasteiger partial charge >= 0.3 is 11.9 Å². The van der Waals surface area contributed by atoms with E-state index in [1.165, 1.54) is 35.9 Å². The first-order valence-corrected chi connectivity index (χ1v) is 16.4. The number of nitrogens with zero attached hydrogens (tertiary/aromatic N) is 5. The van der Waals surface area contributed by atoms with Crippen LogP contribution in [0.4, 0.5) is 13.2 Å². The van der Waals surface area contributed by atoms with Crippen LogP contribution in [0.15, 0.2) is 23.3 Å². The normalized spacial score (nSPS) is 29.3. The molecular weight excluding hydrogens is 557 g/mol. The molecule has 4 aliphatic rings. The highest BCUT2D eigenvalue weighted by molar-refractivity contribution is 5.56. The first-order valence-electron chi connectivity index (χ1n) is 16.4. The quantitative estimate of drug-likeness (QED) is 0.425. The smallest absolute Gasteiger partial charge is 0.383 e. The summed E-state index contributed by atoms with van der Waals surface area (Å²) < 4.78 is 51.4. The van der Waals surface area contributed by atoms with E-state index in [0.717, 1.165) is 64.8 Å². The van der Waals surface area contributed by atoms with Crippen LogP contribution in [0.3, 0.4) is 0 Å². The lowest BCUT2D eigenvalue weighted by Gasteiger charge is -2.46. The molecule has 11 heteroatoms. The summed E-state index contributed by atoms with van der Waals surface area (Å²) in [7, 11) is 3.89. The molecule has 2 aromatic heterocycles. The zero-order chi connectivity index (χ0) is 30.3. The van der Waals surface area contributed by atoms with E-state index < -0.39 is 11.7 Å². The van der Waals surface area contributed by atoms with Crippen molar-refractivity contribution in [3.63, 3.8) is 0 Å². The fourth-order valence-corrected chi connectivity index (χ4v) is 8.46. The minimum Gasteiger partial charge on any atom is -0.383 e. The molecule has 0 radical (unpaired) electrons. The maximum Gasteiger partial charge on any atom is 0.418 e. The second kappa shape index (κ2) is 12.8. The van der Waals surface area contributed by atoms with E-state index in [0.29, 0.717) is 42.4 Å². The molecular formula is C32H49F3N6O2. The Balaban J connectivity index is 1.27. The van der Waals surface area contributed by atoms with E-state index in [2.05, 4.69) is 34.2 Å². The molecule has 1 N–H and O–H groups in total. The van der Waals surface area contributed by atoms with Gasteiger partial charge in [0.1, 0.15) is 0 Å². The Morgan fingerprint density at radius 1 is 1.07 bits per heavy atom. The Morgan fingerprint density at radius 2 is 1.84 bits per heavy atom. The third kappa shape index (κ3) is 6.57. The van der Waals surface area contributed by atoms with Gasteiger partial charge in [-0.15, -0.1) is 0 Å². The number of likely N-dealkylation sites (tertiary alicyclic amines) is 1. The largest absolute Gasteiger partial charge is 0.418 e. The van der Waals surface area contributed by atoms with Crippen molar-refractivity contribution >= 4 is 5.52 Å². The number of halogens is 3. The van der Waals surface area contributed by atoms with Crippen LogP contribution >= 0.6 is 0 Å². The summed E-state index contributed by atoms with van der Waals surface area (Å²) in [6, 6.07) is 1.17. The third-order valence-corrected chi connectivity index (χ3v) is 10.7. The molecule has 0 amide bonds. The SMILES string of the molecule is COCCN1CN(C)C([C@@H](C2CCC2)C2CCCC(n3cc4c(C(F)(F)F)cc(CN5CCC[C@H](C)C5)cn4c3=O)C2)N1. The van der Waals surface area contributed by atoms with Gasteiger partial charge in [-0.3, -0.25) is 18.8 Å². The van der Waals surface area contributed by atoms with Crippen molar-refractivity contribution < 1.29 is 17.9 Å². The summed E-state index contributed by atoms with van der Waals surface area (Å²) in [4.78, 5) is 18.4. The molecule has 2 saturated heterocycles. The fourth-order valence-electron chi connectivity index (χ4n) is 8.46. The summed E-state index contributed by atoms with van der Waals surface area (Å²) in [5.41, 5.74) is 3.22. The molecule has 2 aliphatic heterocycles. The number of aromatic nitrogens is 2. The highest BCUT2D eigenvalue weighted by Crippen LogP contribution is 2.47. The van der Waals surface area contributed by atoms with Crippen LogP contribution in [0.5, 0.6) is 0 Å². The molecule has 5 atom stereocenters. The number of hydrogen-bond acceptors (Lipinski definition) is 6. The van der Waals surface area contributed by atoms with Crippen LogP contribution in [0.25, 0.3) is 5.52 Å². The zero-order valence-electron chi connectivity index (χ0n) is 26.0. The van der Waals surface area contributed by atoms with E-state index in [-0.39, 0.29) is 23.4 Å². The number of imidazole rings is 1. The second-order valence-electron chi connectivity index (χ2n) is 13.9. The number of hydrogen-bond donors (Lipinski definition) is 1. The van der Waals surface area contributed by atoms with Crippen molar-refractivity contribution in [1.29, 1.82) is 0 Å². The van der Waals surface area contributed by atoms with Gasteiger partial charge in [0.05, 0.1) is 30.5 Å². The van der Waals surface area contributed by atoms with Crippen LogP contribution in [0.2, 0.25) is 0 Å². The summed E-state index contributed by atoms with van der Waals surface area (Å²) >= 11 is 0. The van der Waals surface area contributed by atoms with Crippen molar-refractivity contribution in [2.75, 3.05) is 47.1 Å². The Bertz CT molecular complexity index is 1310. The lowest BCUT2D eigenvalue weighted by molar-refractivity contribution is -0.136. The number of pyridine rings is 1. The highest BCUT2D eigenvalue weighted by atomic mass is 19.4. The van der Waals surface area contributed by atoms with E-state index in [4.69, 9.17) is 4.74 Å². The van der Waals surface area contributed by atoms with Gasteiger partial charge in [0.15, 0.2) is 0 Å². The predicted octanol–water partition coefficient (Wildman–Crippen LogP) is 5.18. The molecule has 3 unspecified atom stereocenters. The van der Waals surface area contributed by atoms with Crippen LogP contribution in [-0.4, -0.2) is 77.0 Å². The molecule has 0 bridgehead atoms. The molecule has 0 aromatic carbocycles. The van der Waals surface area contributed by atoms with Crippen molar-refractivity contribution in [2.24, 2.45) is 23.7 Å². The fraction of sp³-hybridized carbons (Fsp3) is 0.781. The molecule has 0 spiro atoms. The first kappa shape index (κ1) is 31.1. The van der Waals surface area contributed by atoms with Gasteiger partial charge in [-0.1, -0.05) is 32.6 Å². The molecule has 6 rings (SSSR count). The Labute approximate surface area is 253 Å². The van der Waals surface area contributed by atoms with Crippen LogP contribution in [0, 0.1) is 23.7 Å². The van der Waals surface area contributed by atoms with Crippen molar-refractivity contribution in [3.8, 4) is 0 Å². The summed E-state index contributed by atoms with van der Waals surface area (Å²) in [6.07, 6.45) is 8.44. The Hall–Kier alpha value is -1.92. The minimum absolute atomic E-state index is 0.0306. The lowest BCUT2D eigenvalue weighted by Crippen LogP contribution is -2.50. The van der Waals surface area contributed by atoms with Gasteiger partial charge in [-0.25, -0.2) is 15.2 Å². The van der Waals surface area contributed by atoms with E-state index in [1.807, 2.05) is 0 Å². The van der Waals surface area contributed by atoms with Crippen LogP contribution in [0.1, 0.15) is 81.9 Å². The molecule has 4 fully saturated rings. The van der Waals surface area contributed by atoms with Crippen molar-refractivity contribution in [1.82, 2.24) is 29.2 Å². The molecule has 2 aliphatic carbocycles.